The van der Waals surface area contributed by atoms with Gasteiger partial charge in [-0.1, -0.05) is 84.4 Å². The maximum absolute atomic E-state index is 13.3. The number of nitrogens with one attached hydrogen (secondary N) is 1. The highest BCUT2D eigenvalue weighted by Crippen LogP contribution is 2.22. The number of carbonyl (C=O) groups is 2. The van der Waals surface area contributed by atoms with Crippen LogP contribution in [0.5, 0.6) is 5.75 Å². The van der Waals surface area contributed by atoms with Gasteiger partial charge in [0, 0.05) is 11.8 Å². The van der Waals surface area contributed by atoms with E-state index >= 15 is 0 Å². The molecular formula is C35H30N2O4. The lowest BCUT2D eigenvalue weighted by molar-refractivity contribution is 0.0520. The summed E-state index contributed by atoms with van der Waals surface area (Å²) in [6.45, 7) is 2.82. The first-order chi connectivity index (χ1) is 20.0. The molecule has 4 aromatic carbocycles. The Hall–Kier alpha value is -5.36. The normalized spacial score (nSPS) is 12.6. The van der Waals surface area contributed by atoms with Crippen LogP contribution in [0.4, 0.5) is 0 Å². The zero-order valence-corrected chi connectivity index (χ0v) is 22.7. The number of hydrogen-bond donors (Lipinski definition) is 1. The number of esters is 1. The van der Waals surface area contributed by atoms with Crippen molar-refractivity contribution in [1.29, 1.82) is 0 Å². The largest absolute Gasteiger partial charge is 0.489 e. The van der Waals surface area contributed by atoms with Gasteiger partial charge in [-0.2, -0.15) is 0 Å². The highest BCUT2D eigenvalue weighted by Gasteiger charge is 2.22. The number of allylic oxidation sites excluding steroid dienone is 3. The molecule has 6 heteroatoms. The molecule has 0 saturated carbocycles. The van der Waals surface area contributed by atoms with Gasteiger partial charge in [0.15, 0.2) is 0 Å². The van der Waals surface area contributed by atoms with E-state index in [-0.39, 0.29) is 11.8 Å². The van der Waals surface area contributed by atoms with Gasteiger partial charge >= 0.3 is 5.97 Å². The van der Waals surface area contributed by atoms with Crippen LogP contribution in [0.2, 0.25) is 0 Å². The SMILES string of the molecule is Cc1ccc(C(=O)OC2=C(NC(=O)c3ccc(OCc4ccccc4)cc3)C=CC=CN2Cc2ccccc2)cc1. The Morgan fingerprint density at radius 3 is 2.05 bits per heavy atom. The zero-order valence-electron chi connectivity index (χ0n) is 22.7. The van der Waals surface area contributed by atoms with E-state index < -0.39 is 5.97 Å². The predicted octanol–water partition coefficient (Wildman–Crippen LogP) is 6.92. The molecule has 0 aliphatic carbocycles. The Morgan fingerprint density at radius 2 is 1.37 bits per heavy atom. The number of amides is 1. The Labute approximate surface area is 239 Å². The number of benzene rings is 4. The first-order valence-corrected chi connectivity index (χ1v) is 13.3. The van der Waals surface area contributed by atoms with Gasteiger partial charge in [0.2, 0.25) is 5.88 Å². The summed E-state index contributed by atoms with van der Waals surface area (Å²) in [5.74, 6) is 0.0173. The molecule has 1 amide bonds. The van der Waals surface area contributed by atoms with Crippen molar-refractivity contribution >= 4 is 11.9 Å². The third-order valence-electron chi connectivity index (χ3n) is 6.42. The van der Waals surface area contributed by atoms with E-state index in [0.717, 1.165) is 16.7 Å². The molecule has 204 valence electrons. The van der Waals surface area contributed by atoms with E-state index in [4.69, 9.17) is 9.47 Å². The van der Waals surface area contributed by atoms with Crippen molar-refractivity contribution in [2.75, 3.05) is 0 Å². The molecule has 0 bridgehead atoms. The number of aryl methyl sites for hydroxylation is 1. The standard InChI is InChI=1S/C35H30N2O4/c1-26-15-17-30(18-16-26)35(39)41-34-32(14-8-9-23-37(34)24-27-10-4-2-5-11-27)36-33(38)29-19-21-31(22-20-29)40-25-28-12-6-3-7-13-28/h2-23H,24-25H2,1H3,(H,36,38). The van der Waals surface area contributed by atoms with Gasteiger partial charge in [-0.05, 0) is 66.6 Å². The van der Waals surface area contributed by atoms with E-state index in [1.54, 1.807) is 53.5 Å². The molecule has 4 aromatic rings. The molecular weight excluding hydrogens is 512 g/mol. The fraction of sp³-hybridized carbons (Fsp3) is 0.0857. The van der Waals surface area contributed by atoms with Crippen LogP contribution in [-0.4, -0.2) is 16.8 Å². The lowest BCUT2D eigenvalue weighted by atomic mass is 10.1. The minimum Gasteiger partial charge on any atom is -0.489 e. The van der Waals surface area contributed by atoms with Crippen LogP contribution in [0.1, 0.15) is 37.4 Å². The maximum atomic E-state index is 13.3. The lowest BCUT2D eigenvalue weighted by Gasteiger charge is -2.24. The van der Waals surface area contributed by atoms with E-state index in [0.29, 0.717) is 35.7 Å². The van der Waals surface area contributed by atoms with Gasteiger partial charge in [-0.15, -0.1) is 0 Å². The molecule has 0 atom stereocenters. The van der Waals surface area contributed by atoms with Gasteiger partial charge in [-0.25, -0.2) is 4.79 Å². The lowest BCUT2D eigenvalue weighted by Crippen LogP contribution is -2.29. The summed E-state index contributed by atoms with van der Waals surface area (Å²) in [7, 11) is 0. The van der Waals surface area contributed by atoms with Crippen molar-refractivity contribution in [2.24, 2.45) is 0 Å². The van der Waals surface area contributed by atoms with Crippen LogP contribution in [0, 0.1) is 6.92 Å². The Morgan fingerprint density at radius 1 is 0.732 bits per heavy atom. The maximum Gasteiger partial charge on any atom is 0.344 e. The second kappa shape index (κ2) is 13.1. The molecule has 6 nitrogen and oxygen atoms in total. The van der Waals surface area contributed by atoms with Crippen molar-refractivity contribution in [3.8, 4) is 5.75 Å². The van der Waals surface area contributed by atoms with Gasteiger partial charge < -0.3 is 19.7 Å². The van der Waals surface area contributed by atoms with Crippen LogP contribution >= 0.6 is 0 Å². The van der Waals surface area contributed by atoms with Gasteiger partial charge in [0.05, 0.1) is 12.1 Å². The van der Waals surface area contributed by atoms with Gasteiger partial charge in [0.25, 0.3) is 5.91 Å². The van der Waals surface area contributed by atoms with E-state index in [2.05, 4.69) is 5.32 Å². The fourth-order valence-corrected chi connectivity index (χ4v) is 4.19. The topological polar surface area (TPSA) is 67.9 Å². The van der Waals surface area contributed by atoms with Crippen LogP contribution in [0.15, 0.2) is 145 Å². The first kappa shape index (κ1) is 27.2. The molecule has 1 N–H and O–H groups in total. The molecule has 0 fully saturated rings. The average molecular weight is 543 g/mol. The van der Waals surface area contributed by atoms with Crippen LogP contribution in [-0.2, 0) is 17.9 Å². The van der Waals surface area contributed by atoms with Crippen LogP contribution in [0.3, 0.4) is 0 Å². The summed E-state index contributed by atoms with van der Waals surface area (Å²) in [6.07, 6.45) is 7.16. The van der Waals surface area contributed by atoms with Crippen molar-refractivity contribution in [3.63, 3.8) is 0 Å². The third kappa shape index (κ3) is 7.40. The van der Waals surface area contributed by atoms with Crippen molar-refractivity contribution in [3.05, 3.63) is 173 Å². The highest BCUT2D eigenvalue weighted by molar-refractivity contribution is 5.96. The number of hydrogen-bond acceptors (Lipinski definition) is 5. The molecule has 41 heavy (non-hydrogen) atoms. The van der Waals surface area contributed by atoms with Gasteiger partial charge in [-0.3, -0.25) is 4.79 Å². The zero-order chi connectivity index (χ0) is 28.4. The summed E-state index contributed by atoms with van der Waals surface area (Å²) in [5, 5.41) is 2.94. The molecule has 0 unspecified atom stereocenters. The number of carbonyl (C=O) groups excluding carboxylic acids is 2. The van der Waals surface area contributed by atoms with Crippen LogP contribution in [0.25, 0.3) is 0 Å². The summed E-state index contributed by atoms with van der Waals surface area (Å²) >= 11 is 0. The minimum absolute atomic E-state index is 0.223. The summed E-state index contributed by atoms with van der Waals surface area (Å²) in [4.78, 5) is 28.3. The molecule has 5 rings (SSSR count). The summed E-state index contributed by atoms with van der Waals surface area (Å²) in [6, 6.07) is 33.8. The summed E-state index contributed by atoms with van der Waals surface area (Å²) < 4.78 is 11.8. The molecule has 1 aliphatic rings. The highest BCUT2D eigenvalue weighted by atomic mass is 16.6. The van der Waals surface area contributed by atoms with Crippen molar-refractivity contribution in [2.45, 2.75) is 20.1 Å². The molecule has 1 heterocycles. The van der Waals surface area contributed by atoms with Crippen molar-refractivity contribution in [1.82, 2.24) is 10.2 Å². The van der Waals surface area contributed by atoms with E-state index in [1.807, 2.05) is 92.0 Å². The van der Waals surface area contributed by atoms with Crippen LogP contribution < -0.4 is 10.1 Å². The predicted molar refractivity (Wildman–Crippen MR) is 159 cm³/mol. The minimum atomic E-state index is -0.520. The average Bonchev–Trinajstić information content (AvgIpc) is 3.19. The number of nitrogens with zero attached hydrogens (tertiary/aromatic N) is 1. The number of rotatable bonds is 9. The Balaban J connectivity index is 1.37. The molecule has 0 aromatic heterocycles. The van der Waals surface area contributed by atoms with Gasteiger partial charge in [0.1, 0.15) is 18.1 Å². The fourth-order valence-electron chi connectivity index (χ4n) is 4.19. The smallest absolute Gasteiger partial charge is 0.344 e. The number of ether oxygens (including phenoxy) is 2. The second-order valence-corrected chi connectivity index (χ2v) is 9.54. The molecule has 0 spiro atoms. The second-order valence-electron chi connectivity index (χ2n) is 9.54. The molecule has 0 radical (unpaired) electrons. The van der Waals surface area contributed by atoms with E-state index in [9.17, 15) is 9.59 Å². The first-order valence-electron chi connectivity index (χ1n) is 13.3. The Kier molecular flexibility index (Phi) is 8.72. The quantitative estimate of drug-likeness (QED) is 0.233. The summed E-state index contributed by atoms with van der Waals surface area (Å²) in [5.41, 5.74) is 4.32. The third-order valence-corrected chi connectivity index (χ3v) is 6.42. The van der Waals surface area contributed by atoms with Crippen molar-refractivity contribution < 1.29 is 19.1 Å². The molecule has 1 aliphatic heterocycles. The van der Waals surface area contributed by atoms with E-state index in [1.165, 1.54) is 0 Å². The Bertz CT molecular complexity index is 1570. The monoisotopic (exact) mass is 542 g/mol. The molecule has 0 saturated heterocycles.